The summed E-state index contributed by atoms with van der Waals surface area (Å²) in [5, 5.41) is 18.0. The molecule has 0 radical (unpaired) electrons. The zero-order valence-electron chi connectivity index (χ0n) is 10.00. The van der Waals surface area contributed by atoms with E-state index in [0.717, 1.165) is 4.90 Å². The zero-order valence-corrected chi connectivity index (χ0v) is 10.00. The summed E-state index contributed by atoms with van der Waals surface area (Å²) in [5.41, 5.74) is 0. The molecule has 17 heavy (non-hydrogen) atoms. The van der Waals surface area contributed by atoms with Crippen LogP contribution in [0.1, 0.15) is 6.92 Å². The van der Waals surface area contributed by atoms with Crippen LogP contribution in [0, 0.1) is 0 Å². The number of urea groups is 1. The Balaban J connectivity index is 2.70. The minimum absolute atomic E-state index is 0.193. The number of hydrogen-bond acceptors (Lipinski definition) is 4. The Kier molecular flexibility index (Phi) is 4.71. The Morgan fingerprint density at radius 2 is 2.24 bits per heavy atom. The maximum absolute atomic E-state index is 12.0. The van der Waals surface area contributed by atoms with Gasteiger partial charge in [-0.3, -0.25) is 0 Å². The lowest BCUT2D eigenvalue weighted by molar-refractivity contribution is -0.141. The lowest BCUT2D eigenvalue weighted by atomic mass is 10.2. The summed E-state index contributed by atoms with van der Waals surface area (Å²) in [6.07, 6.45) is 0. The maximum Gasteiger partial charge on any atom is 0.326 e. The Bertz CT molecular complexity index is 296. The second-order valence-electron chi connectivity index (χ2n) is 4.01. The SMILES string of the molecule is CC(C(=O)O)N(C)C(=O)N1CCOCC1CO. The van der Waals surface area contributed by atoms with Crippen LogP contribution in [-0.2, 0) is 9.53 Å². The number of ether oxygens (including phenoxy) is 1. The van der Waals surface area contributed by atoms with Crippen molar-refractivity contribution in [1.29, 1.82) is 0 Å². The van der Waals surface area contributed by atoms with E-state index in [-0.39, 0.29) is 13.2 Å². The van der Waals surface area contributed by atoms with E-state index in [0.29, 0.717) is 13.2 Å². The molecule has 98 valence electrons. The molecule has 0 spiro atoms. The van der Waals surface area contributed by atoms with Gasteiger partial charge in [-0.1, -0.05) is 0 Å². The molecule has 0 aliphatic carbocycles. The van der Waals surface area contributed by atoms with Crippen molar-refractivity contribution >= 4 is 12.0 Å². The average Bonchev–Trinajstić information content (AvgIpc) is 2.35. The number of aliphatic carboxylic acids is 1. The smallest absolute Gasteiger partial charge is 0.326 e. The lowest BCUT2D eigenvalue weighted by Crippen LogP contribution is -2.56. The summed E-state index contributed by atoms with van der Waals surface area (Å²) < 4.78 is 5.15. The van der Waals surface area contributed by atoms with E-state index in [1.807, 2.05) is 0 Å². The predicted octanol–water partition coefficient (Wildman–Crippen LogP) is -0.796. The maximum atomic E-state index is 12.0. The van der Waals surface area contributed by atoms with Gasteiger partial charge in [0.25, 0.3) is 0 Å². The summed E-state index contributed by atoms with van der Waals surface area (Å²) in [6.45, 7) is 2.28. The van der Waals surface area contributed by atoms with Crippen LogP contribution in [-0.4, -0.2) is 77.5 Å². The van der Waals surface area contributed by atoms with Crippen molar-refractivity contribution in [3.05, 3.63) is 0 Å². The van der Waals surface area contributed by atoms with Crippen molar-refractivity contribution < 1.29 is 24.5 Å². The molecule has 7 heteroatoms. The van der Waals surface area contributed by atoms with Gasteiger partial charge in [-0.2, -0.15) is 0 Å². The Morgan fingerprint density at radius 1 is 1.59 bits per heavy atom. The van der Waals surface area contributed by atoms with Gasteiger partial charge in [0.2, 0.25) is 0 Å². The monoisotopic (exact) mass is 246 g/mol. The van der Waals surface area contributed by atoms with Gasteiger partial charge in [-0.25, -0.2) is 9.59 Å². The molecule has 0 aromatic heterocycles. The number of hydrogen-bond donors (Lipinski definition) is 2. The Hall–Kier alpha value is -1.34. The van der Waals surface area contributed by atoms with Crippen molar-refractivity contribution in [2.24, 2.45) is 0 Å². The molecule has 1 aliphatic rings. The molecule has 1 heterocycles. The molecule has 0 aromatic rings. The molecule has 7 nitrogen and oxygen atoms in total. The first kappa shape index (κ1) is 13.7. The van der Waals surface area contributed by atoms with Crippen LogP contribution in [0.15, 0.2) is 0 Å². The molecular weight excluding hydrogens is 228 g/mol. The van der Waals surface area contributed by atoms with E-state index >= 15 is 0 Å². The quantitative estimate of drug-likeness (QED) is 0.680. The molecule has 1 rings (SSSR count). The van der Waals surface area contributed by atoms with Gasteiger partial charge < -0.3 is 24.7 Å². The third-order valence-electron chi connectivity index (χ3n) is 2.92. The largest absolute Gasteiger partial charge is 0.480 e. The molecule has 2 N–H and O–H groups in total. The zero-order chi connectivity index (χ0) is 13.0. The van der Waals surface area contributed by atoms with Gasteiger partial charge in [0.15, 0.2) is 0 Å². The second kappa shape index (κ2) is 5.83. The van der Waals surface area contributed by atoms with Gasteiger partial charge in [0, 0.05) is 13.6 Å². The summed E-state index contributed by atoms with van der Waals surface area (Å²) in [7, 11) is 1.44. The summed E-state index contributed by atoms with van der Waals surface area (Å²) in [4.78, 5) is 25.4. The van der Waals surface area contributed by atoms with E-state index in [9.17, 15) is 9.59 Å². The third kappa shape index (κ3) is 3.07. The van der Waals surface area contributed by atoms with Crippen LogP contribution in [0.3, 0.4) is 0 Å². The molecular formula is C10H18N2O5. The summed E-state index contributed by atoms with van der Waals surface area (Å²) in [5.74, 6) is -1.06. The highest BCUT2D eigenvalue weighted by Gasteiger charge is 2.32. The van der Waals surface area contributed by atoms with E-state index < -0.39 is 24.1 Å². The first-order valence-corrected chi connectivity index (χ1v) is 5.44. The Morgan fingerprint density at radius 3 is 2.76 bits per heavy atom. The number of carbonyl (C=O) groups excluding carboxylic acids is 1. The molecule has 1 aliphatic heterocycles. The van der Waals surface area contributed by atoms with Gasteiger partial charge >= 0.3 is 12.0 Å². The van der Waals surface area contributed by atoms with Crippen LogP contribution >= 0.6 is 0 Å². The molecule has 2 unspecified atom stereocenters. The van der Waals surface area contributed by atoms with E-state index in [1.165, 1.54) is 18.9 Å². The van der Waals surface area contributed by atoms with Crippen LogP contribution < -0.4 is 0 Å². The highest BCUT2D eigenvalue weighted by atomic mass is 16.5. The van der Waals surface area contributed by atoms with Crippen LogP contribution in [0.5, 0.6) is 0 Å². The molecule has 0 bridgehead atoms. The fourth-order valence-electron chi connectivity index (χ4n) is 1.59. The molecule has 0 saturated carbocycles. The van der Waals surface area contributed by atoms with Gasteiger partial charge in [0.1, 0.15) is 6.04 Å². The van der Waals surface area contributed by atoms with E-state index in [1.54, 1.807) is 0 Å². The molecule has 2 amide bonds. The summed E-state index contributed by atoms with van der Waals surface area (Å²) >= 11 is 0. The first-order valence-electron chi connectivity index (χ1n) is 5.44. The number of morpholine rings is 1. The number of carboxylic acid groups (broad SMARTS) is 1. The number of carboxylic acids is 1. The minimum Gasteiger partial charge on any atom is -0.480 e. The van der Waals surface area contributed by atoms with Crippen LogP contribution in [0.25, 0.3) is 0 Å². The topological polar surface area (TPSA) is 90.3 Å². The lowest BCUT2D eigenvalue weighted by Gasteiger charge is -2.37. The van der Waals surface area contributed by atoms with Crippen LogP contribution in [0.4, 0.5) is 4.79 Å². The number of rotatable bonds is 3. The van der Waals surface area contributed by atoms with Crippen molar-refractivity contribution in [1.82, 2.24) is 9.80 Å². The molecule has 0 aromatic carbocycles. The standard InChI is InChI=1S/C10H18N2O5/c1-7(9(14)15)11(2)10(16)12-3-4-17-6-8(12)5-13/h7-8,13H,3-6H2,1-2H3,(H,14,15). The molecule has 1 fully saturated rings. The fourth-order valence-corrected chi connectivity index (χ4v) is 1.59. The Labute approximate surface area is 99.6 Å². The van der Waals surface area contributed by atoms with Gasteiger partial charge in [-0.05, 0) is 6.92 Å². The minimum atomic E-state index is -1.06. The normalized spacial score (nSPS) is 22.1. The third-order valence-corrected chi connectivity index (χ3v) is 2.92. The van der Waals surface area contributed by atoms with E-state index in [2.05, 4.69) is 0 Å². The number of amides is 2. The van der Waals surface area contributed by atoms with Gasteiger partial charge in [-0.15, -0.1) is 0 Å². The number of aliphatic hydroxyl groups excluding tert-OH is 1. The average molecular weight is 246 g/mol. The number of likely N-dealkylation sites (N-methyl/N-ethyl adjacent to an activating group) is 1. The van der Waals surface area contributed by atoms with Crippen molar-refractivity contribution in [2.45, 2.75) is 19.0 Å². The van der Waals surface area contributed by atoms with Crippen molar-refractivity contribution in [3.63, 3.8) is 0 Å². The van der Waals surface area contributed by atoms with Crippen molar-refractivity contribution in [2.75, 3.05) is 33.4 Å². The predicted molar refractivity (Wildman–Crippen MR) is 58.7 cm³/mol. The number of carbonyl (C=O) groups is 2. The number of nitrogens with zero attached hydrogens (tertiary/aromatic N) is 2. The van der Waals surface area contributed by atoms with Crippen molar-refractivity contribution in [3.8, 4) is 0 Å². The highest BCUT2D eigenvalue weighted by Crippen LogP contribution is 2.11. The highest BCUT2D eigenvalue weighted by molar-refractivity contribution is 5.82. The first-order chi connectivity index (χ1) is 7.99. The van der Waals surface area contributed by atoms with Gasteiger partial charge in [0.05, 0.1) is 25.9 Å². The van der Waals surface area contributed by atoms with Crippen LogP contribution in [0.2, 0.25) is 0 Å². The molecule has 2 atom stereocenters. The number of aliphatic hydroxyl groups is 1. The summed E-state index contributed by atoms with van der Waals surface area (Å²) in [6, 6.07) is -1.70. The fraction of sp³-hybridized carbons (Fsp3) is 0.800. The molecule has 1 saturated heterocycles. The van der Waals surface area contributed by atoms with E-state index in [4.69, 9.17) is 14.9 Å². The second-order valence-corrected chi connectivity index (χ2v) is 4.01.